The number of benzene rings is 7. The number of rotatable bonds is 4. The van der Waals surface area contributed by atoms with Gasteiger partial charge in [-0.05, 0) is 71.1 Å². The van der Waals surface area contributed by atoms with Crippen molar-refractivity contribution in [2.75, 3.05) is 4.90 Å². The largest absolute Gasteiger partial charge is 0.310 e. The van der Waals surface area contributed by atoms with E-state index in [0.29, 0.717) is 0 Å². The lowest BCUT2D eigenvalue weighted by Crippen LogP contribution is -2.11. The third kappa shape index (κ3) is 3.73. The number of anilines is 3. The first kappa shape index (κ1) is 25.1. The lowest BCUT2D eigenvalue weighted by Gasteiger charge is -2.28. The summed E-state index contributed by atoms with van der Waals surface area (Å²) in [6.07, 6.45) is 0. The Balaban J connectivity index is 1.32. The van der Waals surface area contributed by atoms with Crippen molar-refractivity contribution in [1.82, 2.24) is 4.57 Å². The van der Waals surface area contributed by atoms with Gasteiger partial charge in [-0.1, -0.05) is 109 Å². The Bertz CT molecular complexity index is 2410. The highest BCUT2D eigenvalue weighted by Crippen LogP contribution is 2.53. The summed E-state index contributed by atoms with van der Waals surface area (Å²) in [6.45, 7) is 0. The quantitative estimate of drug-likeness (QED) is 0.188. The molecule has 44 heavy (non-hydrogen) atoms. The second kappa shape index (κ2) is 9.84. The van der Waals surface area contributed by atoms with E-state index in [1.807, 2.05) is 0 Å². The summed E-state index contributed by atoms with van der Waals surface area (Å²) >= 11 is 0. The fourth-order valence-corrected chi connectivity index (χ4v) is 8.51. The van der Waals surface area contributed by atoms with Crippen LogP contribution in [0.25, 0.3) is 49.4 Å². The molecule has 0 N–H and O–H groups in total. The van der Waals surface area contributed by atoms with Crippen LogP contribution in [-0.4, -0.2) is 10.4 Å². The molecule has 2 nitrogen and oxygen atoms in total. The molecule has 9 rings (SSSR count). The van der Waals surface area contributed by atoms with Crippen LogP contribution < -0.4 is 4.90 Å². The third-order valence-corrected chi connectivity index (χ3v) is 10.6. The smallest absolute Gasteiger partial charge is 0.0561 e. The monoisotopic (exact) mass is 580 g/mol. The Morgan fingerprint density at radius 2 is 1.14 bits per heavy atom. The van der Waals surface area contributed by atoms with Crippen molar-refractivity contribution in [3.05, 3.63) is 158 Å². The highest BCUT2D eigenvalue weighted by molar-refractivity contribution is 8.14. The van der Waals surface area contributed by atoms with E-state index in [-0.39, 0.29) is 10.5 Å². The van der Waals surface area contributed by atoms with Crippen LogP contribution in [0.15, 0.2) is 168 Å². The van der Waals surface area contributed by atoms with E-state index in [9.17, 15) is 0 Å². The second-order valence-electron chi connectivity index (χ2n) is 11.3. The van der Waals surface area contributed by atoms with E-state index in [2.05, 4.69) is 173 Å². The summed E-state index contributed by atoms with van der Waals surface area (Å²) in [5.74, 6) is 4.63. The van der Waals surface area contributed by atoms with Crippen LogP contribution in [0.3, 0.4) is 0 Å². The molecule has 1 unspecified atom stereocenters. The van der Waals surface area contributed by atoms with Gasteiger partial charge in [0.15, 0.2) is 0 Å². The maximum Gasteiger partial charge on any atom is 0.0561 e. The van der Waals surface area contributed by atoms with Crippen LogP contribution in [0.1, 0.15) is 0 Å². The minimum Gasteiger partial charge on any atom is -0.310 e. The van der Waals surface area contributed by atoms with Crippen molar-refractivity contribution < 1.29 is 0 Å². The van der Waals surface area contributed by atoms with Gasteiger partial charge in [0.25, 0.3) is 0 Å². The molecule has 2 heterocycles. The summed E-state index contributed by atoms with van der Waals surface area (Å²) in [5, 5.41) is 4.94. The molecule has 0 saturated carbocycles. The maximum absolute atomic E-state index is 4.63. The van der Waals surface area contributed by atoms with Crippen LogP contribution in [0.5, 0.6) is 0 Å². The van der Waals surface area contributed by atoms with Crippen LogP contribution >= 0.6 is 10.5 Å². The molecule has 0 aliphatic carbocycles. The van der Waals surface area contributed by atoms with Gasteiger partial charge in [0, 0.05) is 43.0 Å². The third-order valence-electron chi connectivity index (χ3n) is 8.87. The first-order chi connectivity index (χ1) is 21.8. The summed E-state index contributed by atoms with van der Waals surface area (Å²) in [7, 11) is -0.232. The molecule has 1 aliphatic rings. The SMILES string of the molecule is C=S1c2ccccc2-c2ccc(N(c3ccc4c5ccccc5n(-c5ccccc5)c4c3)c3cccc4ccccc34)cc21. The highest BCUT2D eigenvalue weighted by Gasteiger charge is 2.24. The van der Waals surface area contributed by atoms with Crippen molar-refractivity contribution in [2.24, 2.45) is 0 Å². The number of hydrogen-bond acceptors (Lipinski definition) is 1. The van der Waals surface area contributed by atoms with Crippen LogP contribution in [-0.2, 0) is 0 Å². The molecule has 7 aromatic carbocycles. The van der Waals surface area contributed by atoms with Crippen LogP contribution in [0, 0.1) is 0 Å². The average molecular weight is 581 g/mol. The average Bonchev–Trinajstić information content (AvgIpc) is 3.57. The van der Waals surface area contributed by atoms with Crippen LogP contribution in [0.2, 0.25) is 0 Å². The standard InChI is InChI=1S/C41H28N2S/c1-44-40-21-10-8-18-35(40)36-25-23-31(27-41(36)44)42(37-20-11-13-28-12-5-6-16-32(28)37)30-22-24-34-33-17-7-9-19-38(33)43(39(34)26-30)29-14-3-2-4-15-29/h2-27H,1H2. The molecule has 8 aromatic rings. The summed E-state index contributed by atoms with van der Waals surface area (Å²) in [4.78, 5) is 5.05. The zero-order valence-electron chi connectivity index (χ0n) is 24.0. The predicted molar refractivity (Wildman–Crippen MR) is 190 cm³/mol. The molecule has 0 spiro atoms. The molecular weight excluding hydrogens is 553 g/mol. The molecule has 3 heteroatoms. The van der Waals surface area contributed by atoms with E-state index >= 15 is 0 Å². The van der Waals surface area contributed by atoms with Gasteiger partial charge in [0.1, 0.15) is 0 Å². The van der Waals surface area contributed by atoms with Gasteiger partial charge in [-0.2, -0.15) is 0 Å². The number of hydrogen-bond donors (Lipinski definition) is 0. The van der Waals surface area contributed by atoms with E-state index in [0.717, 1.165) is 22.7 Å². The van der Waals surface area contributed by atoms with E-state index < -0.39 is 0 Å². The molecular formula is C41H28N2S. The van der Waals surface area contributed by atoms with Gasteiger partial charge in [0.05, 0.1) is 16.7 Å². The Labute approximate surface area is 259 Å². The van der Waals surface area contributed by atoms with Gasteiger partial charge >= 0.3 is 0 Å². The summed E-state index contributed by atoms with van der Waals surface area (Å²) in [6, 6.07) is 57.2. The van der Waals surface area contributed by atoms with Crippen molar-refractivity contribution >= 4 is 66.0 Å². The topological polar surface area (TPSA) is 8.17 Å². The first-order valence-corrected chi connectivity index (χ1v) is 16.3. The predicted octanol–water partition coefficient (Wildman–Crippen LogP) is 11.5. The van der Waals surface area contributed by atoms with Crippen LogP contribution in [0.4, 0.5) is 17.1 Å². The van der Waals surface area contributed by atoms with Crippen molar-refractivity contribution in [2.45, 2.75) is 9.79 Å². The second-order valence-corrected chi connectivity index (χ2v) is 13.0. The van der Waals surface area contributed by atoms with E-state index in [1.54, 1.807) is 0 Å². The molecule has 1 aromatic heterocycles. The Kier molecular flexibility index (Phi) is 5.62. The first-order valence-electron chi connectivity index (χ1n) is 14.9. The maximum atomic E-state index is 4.63. The molecule has 0 amide bonds. The Morgan fingerprint density at radius 1 is 0.477 bits per heavy atom. The summed E-state index contributed by atoms with van der Waals surface area (Å²) in [5.41, 5.74) is 9.56. The van der Waals surface area contributed by atoms with Crippen molar-refractivity contribution in [3.8, 4) is 16.8 Å². The van der Waals surface area contributed by atoms with Gasteiger partial charge in [-0.15, -0.1) is 10.5 Å². The lowest BCUT2D eigenvalue weighted by atomic mass is 10.0. The minimum atomic E-state index is -0.232. The van der Waals surface area contributed by atoms with Gasteiger partial charge in [-0.25, -0.2) is 0 Å². The van der Waals surface area contributed by atoms with Gasteiger partial charge in [0.2, 0.25) is 0 Å². The Hall–Kier alpha value is -5.38. The van der Waals surface area contributed by atoms with Gasteiger partial charge in [-0.3, -0.25) is 0 Å². The number of para-hydroxylation sites is 2. The fourth-order valence-electron chi connectivity index (χ4n) is 6.88. The van der Waals surface area contributed by atoms with E-state index in [1.165, 1.54) is 53.5 Å². The number of nitrogens with zero attached hydrogens (tertiary/aromatic N) is 2. The number of aromatic nitrogens is 1. The molecule has 1 aliphatic heterocycles. The normalized spacial score (nSPS) is 13.8. The molecule has 0 fully saturated rings. The Morgan fingerprint density at radius 3 is 2.05 bits per heavy atom. The van der Waals surface area contributed by atoms with E-state index in [4.69, 9.17) is 0 Å². The van der Waals surface area contributed by atoms with Crippen molar-refractivity contribution in [1.29, 1.82) is 0 Å². The summed E-state index contributed by atoms with van der Waals surface area (Å²) < 4.78 is 2.39. The highest BCUT2D eigenvalue weighted by atomic mass is 32.2. The molecule has 0 bridgehead atoms. The minimum absolute atomic E-state index is 0.232. The lowest BCUT2D eigenvalue weighted by molar-refractivity contribution is 1.18. The molecule has 1 atom stereocenters. The van der Waals surface area contributed by atoms with Crippen molar-refractivity contribution in [3.63, 3.8) is 0 Å². The zero-order valence-corrected chi connectivity index (χ0v) is 24.8. The molecule has 0 saturated heterocycles. The molecule has 0 radical (unpaired) electrons. The zero-order chi connectivity index (χ0) is 29.2. The van der Waals surface area contributed by atoms with Gasteiger partial charge < -0.3 is 9.47 Å². The fraction of sp³-hybridized carbons (Fsp3) is 0. The number of fused-ring (bicyclic) bond motifs is 7. The molecule has 208 valence electrons.